The molecule has 8 nitrogen and oxygen atoms in total. The van der Waals surface area contributed by atoms with E-state index in [-0.39, 0.29) is 29.9 Å². The standard InChI is InChI=1S/C18H37N5O3.HI/c1-8-18(9-2,23-16(25)26-17(5,6)7)13-22-15(19-10-3)21-12-11-20-14(4)24;/h8-13H2,1-7H3,(H,20,24)(H,23,25)(H2,19,21,22);1H. The van der Waals surface area contributed by atoms with E-state index in [0.29, 0.717) is 25.6 Å². The maximum absolute atomic E-state index is 12.2. The number of amides is 2. The molecule has 0 heterocycles. The summed E-state index contributed by atoms with van der Waals surface area (Å²) < 4.78 is 5.38. The van der Waals surface area contributed by atoms with Gasteiger partial charge in [-0.25, -0.2) is 4.79 Å². The highest BCUT2D eigenvalue weighted by atomic mass is 127. The van der Waals surface area contributed by atoms with Gasteiger partial charge in [0.25, 0.3) is 0 Å². The Morgan fingerprint density at radius 3 is 1.96 bits per heavy atom. The number of hydrogen-bond acceptors (Lipinski definition) is 4. The zero-order chi connectivity index (χ0) is 20.2. The number of halogens is 1. The summed E-state index contributed by atoms with van der Waals surface area (Å²) >= 11 is 0. The van der Waals surface area contributed by atoms with Gasteiger partial charge < -0.3 is 26.0 Å². The van der Waals surface area contributed by atoms with Crippen molar-refractivity contribution in [2.45, 2.75) is 72.4 Å². The van der Waals surface area contributed by atoms with E-state index in [0.717, 1.165) is 19.4 Å². The topological polar surface area (TPSA) is 104 Å². The summed E-state index contributed by atoms with van der Waals surface area (Å²) in [6.07, 6.45) is 1.04. The normalized spacial score (nSPS) is 11.9. The highest BCUT2D eigenvalue weighted by molar-refractivity contribution is 14.0. The molecule has 27 heavy (non-hydrogen) atoms. The van der Waals surface area contributed by atoms with Crippen molar-refractivity contribution in [1.82, 2.24) is 21.3 Å². The van der Waals surface area contributed by atoms with Crippen LogP contribution in [0.5, 0.6) is 0 Å². The average molecular weight is 499 g/mol. The zero-order valence-electron chi connectivity index (χ0n) is 17.8. The van der Waals surface area contributed by atoms with Crippen LogP contribution in [0.1, 0.15) is 61.3 Å². The molecular weight excluding hydrogens is 461 g/mol. The summed E-state index contributed by atoms with van der Waals surface area (Å²) in [4.78, 5) is 27.7. The molecule has 4 N–H and O–H groups in total. The van der Waals surface area contributed by atoms with Gasteiger partial charge in [0.1, 0.15) is 5.60 Å². The van der Waals surface area contributed by atoms with Crippen LogP contribution in [-0.4, -0.2) is 55.3 Å². The zero-order valence-corrected chi connectivity index (χ0v) is 20.2. The predicted molar refractivity (Wildman–Crippen MR) is 121 cm³/mol. The SMILES string of the molecule is CCNC(=NCC(CC)(CC)NC(=O)OC(C)(C)C)NCCNC(C)=O.I. The Kier molecular flexibility index (Phi) is 14.3. The molecular formula is C18H38IN5O3. The van der Waals surface area contributed by atoms with Crippen molar-refractivity contribution in [1.29, 1.82) is 0 Å². The van der Waals surface area contributed by atoms with Crippen LogP contribution in [0.15, 0.2) is 4.99 Å². The second-order valence-electron chi connectivity index (χ2n) is 7.22. The Morgan fingerprint density at radius 1 is 0.963 bits per heavy atom. The smallest absolute Gasteiger partial charge is 0.408 e. The van der Waals surface area contributed by atoms with Crippen molar-refractivity contribution in [2.75, 3.05) is 26.2 Å². The van der Waals surface area contributed by atoms with Crippen molar-refractivity contribution in [3.8, 4) is 0 Å². The maximum Gasteiger partial charge on any atom is 0.408 e. The van der Waals surface area contributed by atoms with Crippen molar-refractivity contribution < 1.29 is 14.3 Å². The van der Waals surface area contributed by atoms with Crippen molar-refractivity contribution in [3.63, 3.8) is 0 Å². The first kappa shape index (κ1) is 28.0. The molecule has 160 valence electrons. The van der Waals surface area contributed by atoms with Gasteiger partial charge in [0.2, 0.25) is 5.91 Å². The van der Waals surface area contributed by atoms with Crippen LogP contribution in [-0.2, 0) is 9.53 Å². The third kappa shape index (κ3) is 13.5. The Balaban J connectivity index is 0. The van der Waals surface area contributed by atoms with Crippen molar-refractivity contribution >= 4 is 41.9 Å². The average Bonchev–Trinajstić information content (AvgIpc) is 2.53. The lowest BCUT2D eigenvalue weighted by Crippen LogP contribution is -2.52. The molecule has 0 aromatic rings. The van der Waals surface area contributed by atoms with E-state index in [1.54, 1.807) is 0 Å². The molecule has 0 fully saturated rings. The van der Waals surface area contributed by atoms with E-state index in [1.165, 1.54) is 6.92 Å². The van der Waals surface area contributed by atoms with Crippen molar-refractivity contribution in [2.24, 2.45) is 4.99 Å². The van der Waals surface area contributed by atoms with Gasteiger partial charge in [-0.3, -0.25) is 9.79 Å². The second-order valence-corrected chi connectivity index (χ2v) is 7.22. The van der Waals surface area contributed by atoms with Gasteiger partial charge in [0, 0.05) is 26.6 Å². The molecule has 0 aliphatic rings. The minimum atomic E-state index is -0.541. The number of alkyl carbamates (subject to hydrolysis) is 1. The van der Waals surface area contributed by atoms with Crippen LogP contribution in [0.25, 0.3) is 0 Å². The molecule has 0 bridgehead atoms. The maximum atomic E-state index is 12.2. The number of ether oxygens (including phenoxy) is 1. The number of nitrogens with one attached hydrogen (secondary N) is 4. The van der Waals surface area contributed by atoms with Gasteiger partial charge in [-0.05, 0) is 40.5 Å². The van der Waals surface area contributed by atoms with E-state index in [1.807, 2.05) is 41.5 Å². The third-order valence-corrected chi connectivity index (χ3v) is 3.80. The molecule has 0 aromatic heterocycles. The molecule has 0 atom stereocenters. The van der Waals surface area contributed by atoms with Crippen LogP contribution in [0, 0.1) is 0 Å². The fourth-order valence-corrected chi connectivity index (χ4v) is 2.20. The molecule has 0 aliphatic carbocycles. The quantitative estimate of drug-likeness (QED) is 0.169. The Morgan fingerprint density at radius 2 is 1.52 bits per heavy atom. The molecule has 9 heteroatoms. The predicted octanol–water partition coefficient (Wildman–Crippen LogP) is 2.38. The number of guanidine groups is 1. The summed E-state index contributed by atoms with van der Waals surface area (Å²) in [5, 5.41) is 12.0. The van der Waals surface area contributed by atoms with E-state index in [2.05, 4.69) is 26.3 Å². The minimum Gasteiger partial charge on any atom is -0.444 e. The molecule has 0 rings (SSSR count). The summed E-state index contributed by atoms with van der Waals surface area (Å²) in [5.74, 6) is 0.585. The van der Waals surface area contributed by atoms with Crippen LogP contribution in [0.4, 0.5) is 4.79 Å². The number of carbonyl (C=O) groups excluding carboxylic acids is 2. The van der Waals surface area contributed by atoms with Gasteiger partial charge in [-0.15, -0.1) is 24.0 Å². The summed E-state index contributed by atoms with van der Waals surface area (Å²) in [7, 11) is 0. The molecule has 0 aliphatic heterocycles. The van der Waals surface area contributed by atoms with Crippen LogP contribution in [0.3, 0.4) is 0 Å². The Hall–Kier alpha value is -1.26. The van der Waals surface area contributed by atoms with Gasteiger partial charge in [0.05, 0.1) is 12.1 Å². The van der Waals surface area contributed by atoms with Crippen LogP contribution < -0.4 is 21.3 Å². The first-order valence-corrected chi connectivity index (χ1v) is 9.35. The van der Waals surface area contributed by atoms with E-state index in [9.17, 15) is 9.59 Å². The highest BCUT2D eigenvalue weighted by Crippen LogP contribution is 2.17. The minimum absolute atomic E-state index is 0. The largest absolute Gasteiger partial charge is 0.444 e. The second kappa shape index (κ2) is 13.8. The van der Waals surface area contributed by atoms with Gasteiger partial charge in [0.15, 0.2) is 5.96 Å². The van der Waals surface area contributed by atoms with Crippen LogP contribution >= 0.6 is 24.0 Å². The molecule has 0 aromatic carbocycles. The van der Waals surface area contributed by atoms with E-state index >= 15 is 0 Å². The number of rotatable bonds is 9. The number of aliphatic imine (C=N–C) groups is 1. The lowest BCUT2D eigenvalue weighted by molar-refractivity contribution is -0.118. The first-order chi connectivity index (χ1) is 12.1. The monoisotopic (exact) mass is 499 g/mol. The number of hydrogen-bond donors (Lipinski definition) is 4. The number of carbonyl (C=O) groups is 2. The third-order valence-electron chi connectivity index (χ3n) is 3.80. The molecule has 0 saturated heterocycles. The van der Waals surface area contributed by atoms with E-state index in [4.69, 9.17) is 4.74 Å². The van der Waals surface area contributed by atoms with E-state index < -0.39 is 17.2 Å². The fourth-order valence-electron chi connectivity index (χ4n) is 2.20. The summed E-state index contributed by atoms with van der Waals surface area (Å²) in [6.45, 7) is 15.3. The summed E-state index contributed by atoms with van der Waals surface area (Å²) in [6, 6.07) is 0. The van der Waals surface area contributed by atoms with Crippen LogP contribution in [0.2, 0.25) is 0 Å². The van der Waals surface area contributed by atoms with Gasteiger partial charge in [-0.2, -0.15) is 0 Å². The van der Waals surface area contributed by atoms with Crippen molar-refractivity contribution in [3.05, 3.63) is 0 Å². The Labute approximate surface area is 181 Å². The lowest BCUT2D eigenvalue weighted by Gasteiger charge is -2.32. The number of nitrogens with zero attached hydrogens (tertiary/aromatic N) is 1. The molecule has 0 saturated carbocycles. The van der Waals surface area contributed by atoms with Gasteiger partial charge in [-0.1, -0.05) is 13.8 Å². The molecule has 0 spiro atoms. The Bertz CT molecular complexity index is 474. The molecule has 0 unspecified atom stereocenters. The summed E-state index contributed by atoms with van der Waals surface area (Å²) in [5.41, 5.74) is -1.01. The van der Waals surface area contributed by atoms with Gasteiger partial charge >= 0.3 is 6.09 Å². The molecule has 0 radical (unpaired) electrons. The lowest BCUT2D eigenvalue weighted by atomic mass is 9.93. The first-order valence-electron chi connectivity index (χ1n) is 9.35. The molecule has 2 amide bonds. The fraction of sp³-hybridized carbons (Fsp3) is 0.833. The highest BCUT2D eigenvalue weighted by Gasteiger charge is 2.30.